The lowest BCUT2D eigenvalue weighted by Gasteiger charge is -2.29. The minimum atomic E-state index is -0.358. The lowest BCUT2D eigenvalue weighted by Crippen LogP contribution is -2.43. The molecule has 0 atom stereocenters. The number of anilines is 1. The number of nitrogens with one attached hydrogen (secondary N) is 1. The number of amides is 1. The largest absolute Gasteiger partial charge is 0.423 e. The highest BCUT2D eigenvalue weighted by atomic mass is 16.5. The van der Waals surface area contributed by atoms with Crippen LogP contribution in [-0.2, 0) is 16.1 Å². The fourth-order valence-electron chi connectivity index (χ4n) is 2.43. The van der Waals surface area contributed by atoms with Crippen molar-refractivity contribution in [1.82, 2.24) is 10.3 Å². The summed E-state index contributed by atoms with van der Waals surface area (Å²) in [5.41, 5.74) is 2.68. The number of carbonyl (C=O) groups excluding carboxylic acids is 2. The summed E-state index contributed by atoms with van der Waals surface area (Å²) in [6.07, 6.45) is 3.39. The normalized spacial score (nSPS) is 13.3. The van der Waals surface area contributed by atoms with Crippen molar-refractivity contribution >= 4 is 17.6 Å². The summed E-state index contributed by atoms with van der Waals surface area (Å²) in [6.45, 7) is 2.50. The molecule has 1 aliphatic rings. The molecule has 1 aliphatic heterocycles. The van der Waals surface area contributed by atoms with Gasteiger partial charge < -0.3 is 15.0 Å². The zero-order valence-corrected chi connectivity index (χ0v) is 12.8. The second-order valence-electron chi connectivity index (χ2n) is 5.44. The number of rotatable bonds is 4. The first-order chi connectivity index (χ1) is 11.1. The van der Waals surface area contributed by atoms with E-state index in [1.165, 1.54) is 0 Å². The number of hydrogen-bond donors (Lipinski definition) is 1. The Kier molecular flexibility index (Phi) is 4.23. The Morgan fingerprint density at radius 1 is 1.39 bits per heavy atom. The number of aromatic nitrogens is 1. The summed E-state index contributed by atoms with van der Waals surface area (Å²) in [4.78, 5) is 29.6. The van der Waals surface area contributed by atoms with E-state index in [1.807, 2.05) is 31.2 Å². The molecular weight excluding hydrogens is 294 g/mol. The molecule has 0 unspecified atom stereocenters. The zero-order chi connectivity index (χ0) is 16.2. The smallest absolute Gasteiger partial charge is 0.331 e. The molecule has 0 spiro atoms. The van der Waals surface area contributed by atoms with Gasteiger partial charge in [-0.3, -0.25) is 9.78 Å². The maximum atomic E-state index is 12.1. The van der Waals surface area contributed by atoms with Gasteiger partial charge in [0.05, 0.1) is 12.2 Å². The molecule has 3 rings (SSSR count). The van der Waals surface area contributed by atoms with Crippen molar-refractivity contribution in [3.05, 3.63) is 53.9 Å². The number of ether oxygens (including phenoxy) is 1. The molecule has 6 nitrogen and oxygen atoms in total. The Morgan fingerprint density at radius 3 is 3.04 bits per heavy atom. The second kappa shape index (κ2) is 6.48. The van der Waals surface area contributed by atoms with Gasteiger partial charge in [0.25, 0.3) is 0 Å². The molecule has 0 saturated carbocycles. The van der Waals surface area contributed by atoms with Crippen LogP contribution in [0.5, 0.6) is 5.75 Å². The molecule has 0 fully saturated rings. The molecule has 1 amide bonds. The molecule has 1 aromatic carbocycles. The van der Waals surface area contributed by atoms with E-state index >= 15 is 0 Å². The number of pyridine rings is 1. The van der Waals surface area contributed by atoms with Crippen LogP contribution >= 0.6 is 0 Å². The van der Waals surface area contributed by atoms with Gasteiger partial charge in [0.2, 0.25) is 5.91 Å². The third kappa shape index (κ3) is 3.66. The van der Waals surface area contributed by atoms with Gasteiger partial charge in [-0.05, 0) is 36.2 Å². The van der Waals surface area contributed by atoms with Crippen LogP contribution in [0.1, 0.15) is 11.1 Å². The van der Waals surface area contributed by atoms with E-state index in [2.05, 4.69) is 10.3 Å². The van der Waals surface area contributed by atoms with Crippen LogP contribution in [0, 0.1) is 6.92 Å². The molecule has 1 aromatic heterocycles. The minimum Gasteiger partial charge on any atom is -0.423 e. The van der Waals surface area contributed by atoms with E-state index < -0.39 is 0 Å². The number of esters is 1. The Labute approximate surface area is 134 Å². The van der Waals surface area contributed by atoms with E-state index in [0.717, 1.165) is 16.8 Å². The summed E-state index contributed by atoms with van der Waals surface area (Å²) in [5.74, 6) is -0.0143. The predicted octanol–water partition coefficient (Wildman–Crippen LogP) is 1.43. The van der Waals surface area contributed by atoms with E-state index in [0.29, 0.717) is 12.3 Å². The SMILES string of the molecule is Cc1ccc2c(c1)OC(=O)CN2CC(=O)NCc1cccnc1. The first-order valence-electron chi connectivity index (χ1n) is 7.34. The van der Waals surface area contributed by atoms with E-state index in [4.69, 9.17) is 4.74 Å². The second-order valence-corrected chi connectivity index (χ2v) is 5.44. The van der Waals surface area contributed by atoms with E-state index in [1.54, 1.807) is 23.4 Å². The molecule has 2 heterocycles. The number of fused-ring (bicyclic) bond motifs is 1. The van der Waals surface area contributed by atoms with Gasteiger partial charge in [0.1, 0.15) is 6.54 Å². The van der Waals surface area contributed by atoms with Crippen LogP contribution in [-0.4, -0.2) is 29.9 Å². The summed E-state index contributed by atoms with van der Waals surface area (Å²) in [5, 5.41) is 2.83. The molecule has 0 saturated heterocycles. The number of hydrogen-bond acceptors (Lipinski definition) is 5. The van der Waals surface area contributed by atoms with Gasteiger partial charge in [-0.15, -0.1) is 0 Å². The van der Waals surface area contributed by atoms with Crippen LogP contribution in [0.15, 0.2) is 42.7 Å². The van der Waals surface area contributed by atoms with Crippen LogP contribution in [0.4, 0.5) is 5.69 Å². The summed E-state index contributed by atoms with van der Waals surface area (Å²) >= 11 is 0. The molecule has 0 aliphatic carbocycles. The average molecular weight is 311 g/mol. The quantitative estimate of drug-likeness (QED) is 0.683. The highest BCUT2D eigenvalue weighted by Gasteiger charge is 2.25. The van der Waals surface area contributed by atoms with Crippen LogP contribution in [0.3, 0.4) is 0 Å². The third-order valence-corrected chi connectivity index (χ3v) is 3.55. The molecule has 23 heavy (non-hydrogen) atoms. The van der Waals surface area contributed by atoms with Crippen molar-refractivity contribution in [2.24, 2.45) is 0 Å². The first-order valence-corrected chi connectivity index (χ1v) is 7.34. The summed E-state index contributed by atoms with van der Waals surface area (Å²) < 4.78 is 5.23. The molecule has 2 aromatic rings. The van der Waals surface area contributed by atoms with Crippen molar-refractivity contribution in [3.8, 4) is 5.75 Å². The molecule has 118 valence electrons. The molecule has 0 bridgehead atoms. The van der Waals surface area contributed by atoms with Crippen molar-refractivity contribution in [2.75, 3.05) is 18.0 Å². The Bertz CT molecular complexity index is 731. The predicted molar refractivity (Wildman–Crippen MR) is 85.1 cm³/mol. The topological polar surface area (TPSA) is 71.5 Å². The molecule has 6 heteroatoms. The molecular formula is C17H17N3O3. The monoisotopic (exact) mass is 311 g/mol. The van der Waals surface area contributed by atoms with E-state index in [-0.39, 0.29) is 25.0 Å². The fraction of sp³-hybridized carbons (Fsp3) is 0.235. The molecule has 0 radical (unpaired) electrons. The van der Waals surface area contributed by atoms with Gasteiger partial charge in [0.15, 0.2) is 5.75 Å². The van der Waals surface area contributed by atoms with Crippen molar-refractivity contribution in [2.45, 2.75) is 13.5 Å². The number of carbonyl (C=O) groups is 2. The van der Waals surface area contributed by atoms with Gasteiger partial charge >= 0.3 is 5.97 Å². The summed E-state index contributed by atoms with van der Waals surface area (Å²) in [7, 11) is 0. The first kappa shape index (κ1) is 15.0. The highest BCUT2D eigenvalue weighted by Crippen LogP contribution is 2.32. The zero-order valence-electron chi connectivity index (χ0n) is 12.8. The number of benzene rings is 1. The van der Waals surface area contributed by atoms with Gasteiger partial charge in [-0.25, -0.2) is 4.79 Å². The fourth-order valence-corrected chi connectivity index (χ4v) is 2.43. The van der Waals surface area contributed by atoms with Gasteiger partial charge in [-0.1, -0.05) is 12.1 Å². The third-order valence-electron chi connectivity index (χ3n) is 3.55. The van der Waals surface area contributed by atoms with Crippen molar-refractivity contribution in [1.29, 1.82) is 0 Å². The summed E-state index contributed by atoms with van der Waals surface area (Å²) in [6, 6.07) is 9.31. The van der Waals surface area contributed by atoms with Crippen LogP contribution < -0.4 is 15.0 Å². The lowest BCUT2D eigenvalue weighted by molar-refractivity contribution is -0.133. The van der Waals surface area contributed by atoms with Crippen molar-refractivity contribution in [3.63, 3.8) is 0 Å². The average Bonchev–Trinajstić information content (AvgIpc) is 2.53. The lowest BCUT2D eigenvalue weighted by atomic mass is 10.1. The Balaban J connectivity index is 1.66. The van der Waals surface area contributed by atoms with Gasteiger partial charge in [0, 0.05) is 18.9 Å². The van der Waals surface area contributed by atoms with Gasteiger partial charge in [-0.2, -0.15) is 0 Å². The Hall–Kier alpha value is -2.89. The number of nitrogens with zero attached hydrogens (tertiary/aromatic N) is 2. The maximum absolute atomic E-state index is 12.1. The maximum Gasteiger partial charge on any atom is 0.331 e. The standard InChI is InChI=1S/C17H17N3O3/c1-12-4-5-14-15(7-12)23-17(22)11-20(14)10-16(21)19-9-13-3-2-6-18-8-13/h2-8H,9-11H2,1H3,(H,19,21). The minimum absolute atomic E-state index is 0.0658. The van der Waals surface area contributed by atoms with Crippen LogP contribution in [0.25, 0.3) is 0 Å². The molecule has 1 N–H and O–H groups in total. The van der Waals surface area contributed by atoms with Crippen LogP contribution in [0.2, 0.25) is 0 Å². The Morgan fingerprint density at radius 2 is 2.26 bits per heavy atom. The highest BCUT2D eigenvalue weighted by molar-refractivity contribution is 5.89. The van der Waals surface area contributed by atoms with Crippen molar-refractivity contribution < 1.29 is 14.3 Å². The van der Waals surface area contributed by atoms with E-state index in [9.17, 15) is 9.59 Å². The number of aryl methyl sites for hydroxylation is 1.